The van der Waals surface area contributed by atoms with E-state index in [9.17, 15) is 9.59 Å². The molecule has 0 bridgehead atoms. The Morgan fingerprint density at radius 2 is 1.73 bits per heavy atom. The van der Waals surface area contributed by atoms with Gasteiger partial charge in [-0.05, 0) is 54.4 Å². The van der Waals surface area contributed by atoms with Crippen LogP contribution < -0.4 is 5.73 Å². The number of imide groups is 1. The molecule has 1 saturated carbocycles. The highest BCUT2D eigenvalue weighted by Crippen LogP contribution is 2.47. The van der Waals surface area contributed by atoms with E-state index in [0.717, 1.165) is 24.8 Å². The lowest BCUT2D eigenvalue weighted by Crippen LogP contribution is -2.46. The van der Waals surface area contributed by atoms with Crippen molar-refractivity contribution < 1.29 is 9.59 Å². The molecule has 1 aliphatic carbocycles. The third-order valence-corrected chi connectivity index (χ3v) is 5.66. The third-order valence-electron chi connectivity index (χ3n) is 5.66. The second-order valence-electron chi connectivity index (χ2n) is 8.19. The van der Waals surface area contributed by atoms with Gasteiger partial charge in [-0.2, -0.15) is 0 Å². The number of hydrogen-bond donors (Lipinski definition) is 1. The SMILES string of the molecule is CC1(C)C[C@H](c2ccncc2N)C[C@@H](N2C(=O)c3ccccc3C2=O)C1. The van der Waals surface area contributed by atoms with Gasteiger partial charge in [0.05, 0.1) is 23.0 Å². The second-order valence-corrected chi connectivity index (χ2v) is 8.19. The van der Waals surface area contributed by atoms with Crippen LogP contribution in [-0.2, 0) is 0 Å². The summed E-state index contributed by atoms with van der Waals surface area (Å²) in [6.45, 7) is 4.39. The predicted molar refractivity (Wildman–Crippen MR) is 99.8 cm³/mol. The molecule has 1 fully saturated rings. The summed E-state index contributed by atoms with van der Waals surface area (Å²) in [7, 11) is 0. The highest BCUT2D eigenvalue weighted by molar-refractivity contribution is 6.21. The van der Waals surface area contributed by atoms with E-state index in [2.05, 4.69) is 18.8 Å². The summed E-state index contributed by atoms with van der Waals surface area (Å²) in [4.78, 5) is 31.4. The monoisotopic (exact) mass is 349 g/mol. The molecule has 5 nitrogen and oxygen atoms in total. The van der Waals surface area contributed by atoms with Gasteiger partial charge >= 0.3 is 0 Å². The Balaban J connectivity index is 1.68. The minimum atomic E-state index is -0.172. The average molecular weight is 349 g/mol. The number of nitrogens with two attached hydrogens (primary N) is 1. The van der Waals surface area contributed by atoms with Crippen LogP contribution in [0, 0.1) is 5.41 Å². The van der Waals surface area contributed by atoms with Gasteiger partial charge in [0.2, 0.25) is 0 Å². The van der Waals surface area contributed by atoms with Crippen LogP contribution in [0.4, 0.5) is 5.69 Å². The second kappa shape index (κ2) is 5.94. The highest BCUT2D eigenvalue weighted by atomic mass is 16.2. The number of carbonyl (C=O) groups is 2. The van der Waals surface area contributed by atoms with E-state index in [1.807, 2.05) is 6.07 Å². The van der Waals surface area contributed by atoms with Gasteiger partial charge in [-0.25, -0.2) is 0 Å². The van der Waals surface area contributed by atoms with E-state index < -0.39 is 0 Å². The lowest BCUT2D eigenvalue weighted by molar-refractivity contribution is 0.0448. The average Bonchev–Trinajstić information content (AvgIpc) is 2.85. The molecular formula is C21H23N3O2. The number of benzene rings is 1. The van der Waals surface area contributed by atoms with Crippen molar-refractivity contribution in [1.82, 2.24) is 9.88 Å². The number of nitrogen functional groups attached to an aromatic ring is 1. The van der Waals surface area contributed by atoms with E-state index in [0.29, 0.717) is 16.8 Å². The highest BCUT2D eigenvalue weighted by Gasteiger charge is 2.45. The van der Waals surface area contributed by atoms with Crippen molar-refractivity contribution in [3.63, 3.8) is 0 Å². The minimum absolute atomic E-state index is 0.0125. The smallest absolute Gasteiger partial charge is 0.261 e. The number of amides is 2. The molecule has 5 heteroatoms. The largest absolute Gasteiger partial charge is 0.397 e. The summed E-state index contributed by atoms with van der Waals surface area (Å²) in [5, 5.41) is 0. The van der Waals surface area contributed by atoms with E-state index >= 15 is 0 Å². The van der Waals surface area contributed by atoms with Crippen LogP contribution in [0.25, 0.3) is 0 Å². The Kier molecular flexibility index (Phi) is 3.83. The lowest BCUT2D eigenvalue weighted by Gasteiger charge is -2.43. The molecule has 2 aliphatic rings. The Hall–Kier alpha value is -2.69. The van der Waals surface area contributed by atoms with Crippen molar-refractivity contribution in [3.05, 3.63) is 59.4 Å². The summed E-state index contributed by atoms with van der Waals surface area (Å²) < 4.78 is 0. The van der Waals surface area contributed by atoms with Gasteiger partial charge in [0.1, 0.15) is 0 Å². The fraction of sp³-hybridized carbons (Fsp3) is 0.381. The Morgan fingerprint density at radius 1 is 1.08 bits per heavy atom. The fourth-order valence-electron chi connectivity index (χ4n) is 4.65. The fourth-order valence-corrected chi connectivity index (χ4v) is 4.65. The van der Waals surface area contributed by atoms with Crippen LogP contribution in [-0.4, -0.2) is 27.7 Å². The maximum Gasteiger partial charge on any atom is 0.261 e. The predicted octanol–water partition coefficient (Wildman–Crippen LogP) is 3.62. The lowest BCUT2D eigenvalue weighted by atomic mass is 9.67. The molecule has 134 valence electrons. The van der Waals surface area contributed by atoms with Crippen molar-refractivity contribution in [2.45, 2.75) is 45.1 Å². The van der Waals surface area contributed by atoms with Crippen molar-refractivity contribution in [2.24, 2.45) is 5.41 Å². The zero-order valence-corrected chi connectivity index (χ0v) is 15.1. The number of nitrogens with zero attached hydrogens (tertiary/aromatic N) is 2. The molecule has 2 heterocycles. The summed E-state index contributed by atoms with van der Waals surface area (Å²) in [6.07, 6.45) is 5.95. The van der Waals surface area contributed by atoms with Crippen molar-refractivity contribution >= 4 is 17.5 Å². The molecule has 4 rings (SSSR count). The first kappa shape index (κ1) is 16.8. The zero-order valence-electron chi connectivity index (χ0n) is 15.1. The first-order chi connectivity index (χ1) is 12.4. The minimum Gasteiger partial charge on any atom is -0.397 e. The van der Waals surface area contributed by atoms with E-state index in [-0.39, 0.29) is 29.2 Å². The van der Waals surface area contributed by atoms with Crippen molar-refractivity contribution in [3.8, 4) is 0 Å². The first-order valence-electron chi connectivity index (χ1n) is 9.04. The van der Waals surface area contributed by atoms with Crippen LogP contribution in [0.15, 0.2) is 42.7 Å². The maximum atomic E-state index is 12.9. The summed E-state index contributed by atoms with van der Waals surface area (Å²) in [5.74, 6) is -0.138. The molecule has 2 aromatic rings. The van der Waals surface area contributed by atoms with Gasteiger partial charge in [0, 0.05) is 12.2 Å². The van der Waals surface area contributed by atoms with Crippen LogP contribution in [0.1, 0.15) is 65.3 Å². The Morgan fingerprint density at radius 3 is 2.35 bits per heavy atom. The van der Waals surface area contributed by atoms with Gasteiger partial charge < -0.3 is 5.73 Å². The molecule has 2 N–H and O–H groups in total. The van der Waals surface area contributed by atoms with Gasteiger partial charge in [-0.1, -0.05) is 26.0 Å². The molecule has 2 amide bonds. The molecular weight excluding hydrogens is 326 g/mol. The van der Waals surface area contributed by atoms with E-state index in [1.165, 1.54) is 4.90 Å². The molecule has 1 aliphatic heterocycles. The maximum absolute atomic E-state index is 12.9. The quantitative estimate of drug-likeness (QED) is 0.840. The standard InChI is InChI=1S/C21H23N3O2/c1-21(2)10-13(15-7-8-23-12-18(15)22)9-14(11-21)24-19(25)16-5-3-4-6-17(16)20(24)26/h3-8,12-14H,9-11,22H2,1-2H3/t13-,14-/m1/s1. The number of carbonyl (C=O) groups excluding carboxylic acids is 2. The molecule has 0 spiro atoms. The first-order valence-corrected chi connectivity index (χ1v) is 9.04. The molecule has 0 saturated heterocycles. The van der Waals surface area contributed by atoms with Gasteiger partial charge in [-0.15, -0.1) is 0 Å². The zero-order chi connectivity index (χ0) is 18.5. The van der Waals surface area contributed by atoms with Crippen LogP contribution >= 0.6 is 0 Å². The summed E-state index contributed by atoms with van der Waals surface area (Å²) >= 11 is 0. The topological polar surface area (TPSA) is 76.3 Å². The van der Waals surface area contributed by atoms with E-state index in [4.69, 9.17) is 5.73 Å². The third kappa shape index (κ3) is 2.68. The molecule has 0 unspecified atom stereocenters. The van der Waals surface area contributed by atoms with E-state index in [1.54, 1.807) is 36.7 Å². The Bertz CT molecular complexity index is 855. The number of anilines is 1. The van der Waals surface area contributed by atoms with Gasteiger partial charge in [-0.3, -0.25) is 19.5 Å². The van der Waals surface area contributed by atoms with Crippen molar-refractivity contribution in [2.75, 3.05) is 5.73 Å². The van der Waals surface area contributed by atoms with Gasteiger partial charge in [0.15, 0.2) is 0 Å². The number of rotatable bonds is 2. The normalized spacial score (nSPS) is 24.6. The van der Waals surface area contributed by atoms with Crippen LogP contribution in [0.2, 0.25) is 0 Å². The Labute approximate surface area is 153 Å². The summed E-state index contributed by atoms with van der Waals surface area (Å²) in [6, 6.07) is 8.92. The molecule has 0 radical (unpaired) electrons. The molecule has 26 heavy (non-hydrogen) atoms. The molecule has 1 aromatic heterocycles. The number of aromatic nitrogens is 1. The van der Waals surface area contributed by atoms with Crippen LogP contribution in [0.3, 0.4) is 0 Å². The van der Waals surface area contributed by atoms with Gasteiger partial charge in [0.25, 0.3) is 11.8 Å². The molecule has 2 atom stereocenters. The number of fused-ring (bicyclic) bond motifs is 1. The van der Waals surface area contributed by atoms with Crippen molar-refractivity contribution in [1.29, 1.82) is 0 Å². The summed E-state index contributed by atoms with van der Waals surface area (Å²) in [5.41, 5.74) is 8.94. The molecule has 1 aromatic carbocycles. The van der Waals surface area contributed by atoms with Crippen LogP contribution in [0.5, 0.6) is 0 Å². The number of hydrogen-bond acceptors (Lipinski definition) is 4. The number of pyridine rings is 1.